The average molecular weight is 473 g/mol. The van der Waals surface area contributed by atoms with E-state index in [4.69, 9.17) is 19.4 Å². The molecule has 0 aromatic carbocycles. The van der Waals surface area contributed by atoms with Gasteiger partial charge in [0.1, 0.15) is 11.8 Å². The molecule has 2 saturated heterocycles. The van der Waals surface area contributed by atoms with Crippen molar-refractivity contribution >= 4 is 11.9 Å². The molecule has 2 aromatic heterocycles. The Morgan fingerprint density at radius 2 is 2.03 bits per heavy atom. The highest BCUT2D eigenvalue weighted by molar-refractivity contribution is 5.92. The zero-order chi connectivity index (χ0) is 24.2. The molecule has 2 atom stereocenters. The molecule has 0 radical (unpaired) electrons. The number of piperidine rings is 1. The molecule has 0 bridgehead atoms. The van der Waals surface area contributed by atoms with Crippen LogP contribution in [-0.2, 0) is 16.6 Å². The molecule has 8 nitrogen and oxygen atoms in total. The summed E-state index contributed by atoms with van der Waals surface area (Å²) < 4.78 is 59.1. The topological polar surface area (TPSA) is 93.9 Å². The number of carboxylic acid groups (broad SMARTS) is 1. The van der Waals surface area contributed by atoms with Gasteiger partial charge in [0.15, 0.2) is 5.82 Å². The van der Waals surface area contributed by atoms with Crippen LogP contribution in [0, 0.1) is 5.82 Å². The number of aryl methyl sites for hydroxylation is 1. The van der Waals surface area contributed by atoms with Crippen molar-refractivity contribution in [1.82, 2.24) is 14.5 Å². The second kappa shape index (κ2) is 9.77. The highest BCUT2D eigenvalue weighted by atomic mass is 19.4. The maximum Gasteiger partial charge on any atom is 0.490 e. The number of aliphatic carboxylic acids is 1. The Hall–Kier alpha value is -3.15. The molecule has 2 aromatic rings. The Morgan fingerprint density at radius 1 is 1.30 bits per heavy atom. The van der Waals surface area contributed by atoms with Crippen LogP contribution in [0.15, 0.2) is 36.7 Å². The minimum absolute atomic E-state index is 0.00528. The van der Waals surface area contributed by atoms with E-state index in [1.165, 1.54) is 18.3 Å². The number of carbonyl (C=O) groups is 2. The van der Waals surface area contributed by atoms with E-state index in [1.807, 2.05) is 34.8 Å². The molecule has 4 rings (SSSR count). The maximum atomic E-state index is 13.8. The van der Waals surface area contributed by atoms with Crippen molar-refractivity contribution in [3.8, 4) is 5.88 Å². The second-order valence-corrected chi connectivity index (χ2v) is 7.87. The monoisotopic (exact) mass is 473 g/mol. The third kappa shape index (κ3) is 6.01. The van der Waals surface area contributed by atoms with Gasteiger partial charge >= 0.3 is 12.1 Å². The summed E-state index contributed by atoms with van der Waals surface area (Å²) in [5, 5.41) is 7.12. The fourth-order valence-electron chi connectivity index (χ4n) is 3.90. The first-order valence-corrected chi connectivity index (χ1v) is 10.1. The number of alkyl halides is 3. The van der Waals surface area contributed by atoms with Gasteiger partial charge in [-0.3, -0.25) is 4.79 Å². The first-order chi connectivity index (χ1) is 15.5. The number of hydrogen-bond donors (Lipinski definition) is 1. The zero-order valence-electron chi connectivity index (χ0n) is 17.7. The smallest absolute Gasteiger partial charge is 0.475 e. The minimum atomic E-state index is -5.08. The van der Waals surface area contributed by atoms with Crippen LogP contribution in [0.1, 0.15) is 29.8 Å². The number of likely N-dealkylation sites (tertiary alicyclic amines) is 1. The molecular weight excluding hydrogens is 450 g/mol. The zero-order valence-corrected chi connectivity index (χ0v) is 17.7. The van der Waals surface area contributed by atoms with Crippen molar-refractivity contribution in [2.75, 3.05) is 19.7 Å². The Labute approximate surface area is 186 Å². The number of rotatable bonds is 3. The number of amides is 1. The molecule has 180 valence electrons. The van der Waals surface area contributed by atoms with E-state index in [-0.39, 0.29) is 17.9 Å². The molecule has 4 heterocycles. The highest BCUT2D eigenvalue weighted by Crippen LogP contribution is 2.36. The number of hydrogen-bond acceptors (Lipinski definition) is 5. The lowest BCUT2D eigenvalue weighted by atomic mass is 9.89. The SMILES string of the molecule is Cn1cccc1C(=O)N1CCC[C@]2(C[C@H](Oc3ncccc3F)CO2)C1.O=C(O)C(F)(F)F. The normalized spacial score (nSPS) is 22.6. The van der Waals surface area contributed by atoms with E-state index >= 15 is 0 Å². The fraction of sp³-hybridized carbons (Fsp3) is 0.476. The van der Waals surface area contributed by atoms with Gasteiger partial charge in [-0.1, -0.05) is 0 Å². The molecule has 1 spiro atoms. The molecule has 0 saturated carbocycles. The van der Waals surface area contributed by atoms with E-state index < -0.39 is 23.6 Å². The van der Waals surface area contributed by atoms with Crippen LogP contribution in [0.2, 0.25) is 0 Å². The van der Waals surface area contributed by atoms with Gasteiger partial charge in [-0.15, -0.1) is 0 Å². The van der Waals surface area contributed by atoms with Gasteiger partial charge in [0, 0.05) is 32.4 Å². The van der Waals surface area contributed by atoms with Gasteiger partial charge in [-0.2, -0.15) is 13.2 Å². The quantitative estimate of drug-likeness (QED) is 0.689. The summed E-state index contributed by atoms with van der Waals surface area (Å²) in [6.07, 6.45) is 0.397. The van der Waals surface area contributed by atoms with Crippen LogP contribution in [-0.4, -0.2) is 69.0 Å². The lowest BCUT2D eigenvalue weighted by Crippen LogP contribution is -2.50. The average Bonchev–Trinajstić information content (AvgIpc) is 3.35. The largest absolute Gasteiger partial charge is 0.490 e. The molecule has 2 aliphatic rings. The third-order valence-electron chi connectivity index (χ3n) is 5.41. The molecule has 0 aliphatic carbocycles. The second-order valence-electron chi connectivity index (χ2n) is 7.87. The Bertz CT molecular complexity index is 996. The number of ether oxygens (including phenoxy) is 2. The molecule has 2 fully saturated rings. The van der Waals surface area contributed by atoms with Gasteiger partial charge in [-0.25, -0.2) is 14.2 Å². The first-order valence-electron chi connectivity index (χ1n) is 10.1. The fourth-order valence-corrected chi connectivity index (χ4v) is 3.90. The maximum absolute atomic E-state index is 13.8. The van der Waals surface area contributed by atoms with Crippen LogP contribution < -0.4 is 4.74 Å². The lowest BCUT2D eigenvalue weighted by molar-refractivity contribution is -0.192. The summed E-state index contributed by atoms with van der Waals surface area (Å²) in [7, 11) is 1.87. The summed E-state index contributed by atoms with van der Waals surface area (Å²) in [5.41, 5.74) is 0.248. The van der Waals surface area contributed by atoms with Crippen LogP contribution in [0.25, 0.3) is 0 Å². The van der Waals surface area contributed by atoms with Crippen molar-refractivity contribution < 1.29 is 41.7 Å². The molecular formula is C21H23F4N3O5. The molecule has 2 aliphatic heterocycles. The predicted octanol–water partition coefficient (Wildman–Crippen LogP) is 3.04. The Kier molecular flexibility index (Phi) is 7.25. The predicted molar refractivity (Wildman–Crippen MR) is 106 cm³/mol. The van der Waals surface area contributed by atoms with Crippen molar-refractivity contribution in [3.63, 3.8) is 0 Å². The van der Waals surface area contributed by atoms with E-state index in [0.717, 1.165) is 19.4 Å². The number of halogens is 4. The van der Waals surface area contributed by atoms with Gasteiger partial charge in [0.2, 0.25) is 0 Å². The third-order valence-corrected chi connectivity index (χ3v) is 5.41. The van der Waals surface area contributed by atoms with Gasteiger partial charge < -0.3 is 24.0 Å². The number of pyridine rings is 1. The Morgan fingerprint density at radius 3 is 2.64 bits per heavy atom. The highest BCUT2D eigenvalue weighted by Gasteiger charge is 2.46. The van der Waals surface area contributed by atoms with Crippen LogP contribution in [0.5, 0.6) is 5.88 Å². The Balaban J connectivity index is 0.000000383. The molecule has 1 amide bonds. The van der Waals surface area contributed by atoms with Crippen LogP contribution >= 0.6 is 0 Å². The molecule has 33 heavy (non-hydrogen) atoms. The molecule has 1 N–H and O–H groups in total. The van der Waals surface area contributed by atoms with Crippen molar-refractivity contribution in [2.45, 2.75) is 37.1 Å². The van der Waals surface area contributed by atoms with E-state index in [2.05, 4.69) is 4.98 Å². The summed E-state index contributed by atoms with van der Waals surface area (Å²) in [6.45, 7) is 1.62. The molecule has 12 heteroatoms. The first kappa shape index (κ1) is 24.5. The van der Waals surface area contributed by atoms with Gasteiger partial charge in [0.25, 0.3) is 11.8 Å². The number of carbonyl (C=O) groups excluding carboxylic acids is 1. The summed E-state index contributed by atoms with van der Waals surface area (Å²) in [5.74, 6) is -3.21. The minimum Gasteiger partial charge on any atom is -0.475 e. The summed E-state index contributed by atoms with van der Waals surface area (Å²) in [6, 6.07) is 6.55. The summed E-state index contributed by atoms with van der Waals surface area (Å²) in [4.78, 5) is 27.5. The van der Waals surface area contributed by atoms with Crippen molar-refractivity contribution in [1.29, 1.82) is 0 Å². The van der Waals surface area contributed by atoms with Crippen LogP contribution in [0.4, 0.5) is 17.6 Å². The standard InChI is InChI=1S/C19H22FN3O3.C2HF3O2/c1-22-9-3-6-16(22)18(24)23-10-4-7-19(13-23)11-14(12-25-19)26-17-15(20)5-2-8-21-17;3-2(4,5)1(6)7/h2-3,5-6,8-9,14H,4,7,10-13H2,1H3;(H,6,7)/t14-,19-;/m0./s1. The van der Waals surface area contributed by atoms with Crippen molar-refractivity contribution in [2.24, 2.45) is 7.05 Å². The number of nitrogens with zero attached hydrogens (tertiary/aromatic N) is 3. The van der Waals surface area contributed by atoms with Crippen LogP contribution in [0.3, 0.4) is 0 Å². The van der Waals surface area contributed by atoms with E-state index in [1.54, 1.807) is 0 Å². The number of carboxylic acids is 1. The number of aromatic nitrogens is 2. The van der Waals surface area contributed by atoms with E-state index in [9.17, 15) is 22.4 Å². The van der Waals surface area contributed by atoms with Crippen molar-refractivity contribution in [3.05, 3.63) is 48.2 Å². The molecule has 0 unspecified atom stereocenters. The lowest BCUT2D eigenvalue weighted by Gasteiger charge is -2.39. The van der Waals surface area contributed by atoms with Gasteiger partial charge in [0.05, 0.1) is 18.8 Å². The van der Waals surface area contributed by atoms with Gasteiger partial charge in [-0.05, 0) is 37.1 Å². The summed E-state index contributed by atoms with van der Waals surface area (Å²) >= 11 is 0. The van der Waals surface area contributed by atoms with E-state index in [0.29, 0.717) is 25.3 Å².